The molecule has 0 saturated carbocycles. The maximum Gasteiger partial charge on any atom is 0.129 e. The zero-order chi connectivity index (χ0) is 9.68. The van der Waals surface area contributed by atoms with Crippen molar-refractivity contribution in [2.75, 3.05) is 6.54 Å². The standard InChI is InChI=1S/C10H17NO2/c1-8(2)5-11-6-9-3-4-10(7-12)13-9/h3-4,8,11-12H,5-7H2,1-2H3. The molecule has 2 N–H and O–H groups in total. The first-order valence-electron chi connectivity index (χ1n) is 4.61. The van der Waals surface area contributed by atoms with Gasteiger partial charge in [0.1, 0.15) is 18.1 Å². The third kappa shape index (κ3) is 3.61. The van der Waals surface area contributed by atoms with Crippen LogP contribution < -0.4 is 5.32 Å². The summed E-state index contributed by atoms with van der Waals surface area (Å²) < 4.78 is 5.30. The Balaban J connectivity index is 2.28. The predicted molar refractivity (Wildman–Crippen MR) is 51.2 cm³/mol. The quantitative estimate of drug-likeness (QED) is 0.727. The Morgan fingerprint density at radius 2 is 2.08 bits per heavy atom. The normalized spacial score (nSPS) is 11.1. The summed E-state index contributed by atoms with van der Waals surface area (Å²) in [6.45, 7) is 6.01. The molecular formula is C10H17NO2. The van der Waals surface area contributed by atoms with E-state index in [1.807, 2.05) is 6.07 Å². The summed E-state index contributed by atoms with van der Waals surface area (Å²) in [5.41, 5.74) is 0. The number of furan rings is 1. The summed E-state index contributed by atoms with van der Waals surface area (Å²) >= 11 is 0. The first-order valence-corrected chi connectivity index (χ1v) is 4.61. The van der Waals surface area contributed by atoms with Gasteiger partial charge in [-0.2, -0.15) is 0 Å². The van der Waals surface area contributed by atoms with Crippen LogP contribution in [0.1, 0.15) is 25.4 Å². The van der Waals surface area contributed by atoms with Gasteiger partial charge in [-0.15, -0.1) is 0 Å². The topological polar surface area (TPSA) is 45.4 Å². The highest BCUT2D eigenvalue weighted by atomic mass is 16.4. The van der Waals surface area contributed by atoms with E-state index >= 15 is 0 Å². The van der Waals surface area contributed by atoms with E-state index in [1.165, 1.54) is 0 Å². The summed E-state index contributed by atoms with van der Waals surface area (Å²) in [6, 6.07) is 3.69. The van der Waals surface area contributed by atoms with Gasteiger partial charge in [0, 0.05) is 0 Å². The first kappa shape index (κ1) is 10.3. The number of aliphatic hydroxyl groups excluding tert-OH is 1. The fraction of sp³-hybridized carbons (Fsp3) is 0.600. The molecule has 13 heavy (non-hydrogen) atoms. The number of nitrogens with one attached hydrogen (secondary N) is 1. The molecule has 0 amide bonds. The summed E-state index contributed by atoms with van der Waals surface area (Å²) in [5.74, 6) is 2.15. The molecule has 3 nitrogen and oxygen atoms in total. The molecule has 0 bridgehead atoms. The lowest BCUT2D eigenvalue weighted by Crippen LogP contribution is -2.18. The molecule has 1 aromatic rings. The van der Waals surface area contributed by atoms with Crippen LogP contribution in [0, 0.1) is 5.92 Å². The molecule has 0 aliphatic rings. The molecule has 1 heterocycles. The van der Waals surface area contributed by atoms with E-state index < -0.39 is 0 Å². The molecule has 0 aliphatic heterocycles. The van der Waals surface area contributed by atoms with Gasteiger partial charge in [0.2, 0.25) is 0 Å². The van der Waals surface area contributed by atoms with Crippen LogP contribution >= 0.6 is 0 Å². The molecule has 0 radical (unpaired) electrons. The minimum atomic E-state index is -0.0236. The average molecular weight is 183 g/mol. The molecule has 0 spiro atoms. The zero-order valence-corrected chi connectivity index (χ0v) is 8.21. The molecule has 0 saturated heterocycles. The molecule has 0 atom stereocenters. The van der Waals surface area contributed by atoms with E-state index in [0.29, 0.717) is 11.7 Å². The molecule has 0 aliphatic carbocycles. The third-order valence-corrected chi connectivity index (χ3v) is 1.72. The second-order valence-electron chi connectivity index (χ2n) is 3.55. The smallest absolute Gasteiger partial charge is 0.129 e. The highest BCUT2D eigenvalue weighted by Gasteiger charge is 2.00. The Labute approximate surface area is 78.8 Å². The monoisotopic (exact) mass is 183 g/mol. The summed E-state index contributed by atoms with van der Waals surface area (Å²) in [4.78, 5) is 0. The first-order chi connectivity index (χ1) is 6.22. The average Bonchev–Trinajstić information content (AvgIpc) is 2.52. The van der Waals surface area contributed by atoms with E-state index in [2.05, 4.69) is 19.2 Å². The Morgan fingerprint density at radius 1 is 1.38 bits per heavy atom. The minimum Gasteiger partial charge on any atom is -0.462 e. The van der Waals surface area contributed by atoms with E-state index in [9.17, 15) is 0 Å². The van der Waals surface area contributed by atoms with Gasteiger partial charge in [-0.3, -0.25) is 0 Å². The van der Waals surface area contributed by atoms with Crippen molar-refractivity contribution in [2.24, 2.45) is 5.92 Å². The van der Waals surface area contributed by atoms with E-state index in [4.69, 9.17) is 9.52 Å². The fourth-order valence-electron chi connectivity index (χ4n) is 1.09. The Hall–Kier alpha value is -0.800. The van der Waals surface area contributed by atoms with Crippen LogP contribution in [0.25, 0.3) is 0 Å². The number of rotatable bonds is 5. The maximum atomic E-state index is 8.75. The molecule has 0 unspecified atom stereocenters. The Kier molecular flexibility index (Phi) is 3.99. The summed E-state index contributed by atoms with van der Waals surface area (Å²) in [6.07, 6.45) is 0. The largest absolute Gasteiger partial charge is 0.462 e. The van der Waals surface area contributed by atoms with Crippen molar-refractivity contribution < 1.29 is 9.52 Å². The highest BCUT2D eigenvalue weighted by Crippen LogP contribution is 2.07. The minimum absolute atomic E-state index is 0.0236. The van der Waals surface area contributed by atoms with Gasteiger partial charge in [-0.05, 0) is 24.6 Å². The summed E-state index contributed by atoms with van der Waals surface area (Å²) in [7, 11) is 0. The lowest BCUT2D eigenvalue weighted by Gasteiger charge is -2.04. The molecule has 0 fully saturated rings. The zero-order valence-electron chi connectivity index (χ0n) is 8.21. The number of hydrogen-bond acceptors (Lipinski definition) is 3. The van der Waals surface area contributed by atoms with Crippen LogP contribution in [0.15, 0.2) is 16.5 Å². The highest BCUT2D eigenvalue weighted by molar-refractivity contribution is 5.05. The van der Waals surface area contributed by atoms with Gasteiger partial charge in [-0.25, -0.2) is 0 Å². The second kappa shape index (κ2) is 5.04. The molecule has 3 heteroatoms. The molecule has 0 aromatic carbocycles. The Bertz CT molecular complexity index is 243. The van der Waals surface area contributed by atoms with Gasteiger partial charge in [0.05, 0.1) is 6.54 Å². The van der Waals surface area contributed by atoms with Crippen molar-refractivity contribution in [2.45, 2.75) is 27.0 Å². The van der Waals surface area contributed by atoms with Crippen LogP contribution in [0.4, 0.5) is 0 Å². The third-order valence-electron chi connectivity index (χ3n) is 1.72. The maximum absolute atomic E-state index is 8.75. The van der Waals surface area contributed by atoms with Crippen LogP contribution in [0.3, 0.4) is 0 Å². The van der Waals surface area contributed by atoms with Gasteiger partial charge < -0.3 is 14.8 Å². The van der Waals surface area contributed by atoms with Crippen LogP contribution in [-0.4, -0.2) is 11.7 Å². The second-order valence-corrected chi connectivity index (χ2v) is 3.55. The molecular weight excluding hydrogens is 166 g/mol. The van der Waals surface area contributed by atoms with Crippen molar-refractivity contribution in [3.8, 4) is 0 Å². The van der Waals surface area contributed by atoms with Gasteiger partial charge in [0.15, 0.2) is 0 Å². The summed E-state index contributed by atoms with van der Waals surface area (Å²) in [5, 5.41) is 12.0. The predicted octanol–water partition coefficient (Wildman–Crippen LogP) is 1.52. The van der Waals surface area contributed by atoms with Crippen molar-refractivity contribution in [1.82, 2.24) is 5.32 Å². The lowest BCUT2D eigenvalue weighted by atomic mass is 10.2. The van der Waals surface area contributed by atoms with E-state index in [1.54, 1.807) is 6.07 Å². The molecule has 74 valence electrons. The van der Waals surface area contributed by atoms with Crippen molar-refractivity contribution in [3.63, 3.8) is 0 Å². The lowest BCUT2D eigenvalue weighted by molar-refractivity contribution is 0.242. The van der Waals surface area contributed by atoms with Crippen LogP contribution in [-0.2, 0) is 13.2 Å². The van der Waals surface area contributed by atoms with Crippen LogP contribution in [0.2, 0.25) is 0 Å². The SMILES string of the molecule is CC(C)CNCc1ccc(CO)o1. The van der Waals surface area contributed by atoms with Crippen molar-refractivity contribution in [3.05, 3.63) is 23.7 Å². The molecule has 1 aromatic heterocycles. The number of hydrogen-bond donors (Lipinski definition) is 2. The van der Waals surface area contributed by atoms with Gasteiger partial charge >= 0.3 is 0 Å². The number of aliphatic hydroxyl groups is 1. The van der Waals surface area contributed by atoms with Crippen LogP contribution in [0.5, 0.6) is 0 Å². The van der Waals surface area contributed by atoms with Crippen molar-refractivity contribution >= 4 is 0 Å². The fourth-order valence-corrected chi connectivity index (χ4v) is 1.09. The molecule has 1 rings (SSSR count). The van der Waals surface area contributed by atoms with Gasteiger partial charge in [0.25, 0.3) is 0 Å². The van der Waals surface area contributed by atoms with E-state index in [-0.39, 0.29) is 6.61 Å². The Morgan fingerprint density at radius 3 is 2.62 bits per heavy atom. The van der Waals surface area contributed by atoms with E-state index in [0.717, 1.165) is 18.8 Å². The van der Waals surface area contributed by atoms with Gasteiger partial charge in [-0.1, -0.05) is 13.8 Å². The van der Waals surface area contributed by atoms with Crippen molar-refractivity contribution in [1.29, 1.82) is 0 Å².